The van der Waals surface area contributed by atoms with Crippen LogP contribution in [0.2, 0.25) is 5.15 Å². The van der Waals surface area contributed by atoms with Gasteiger partial charge in [-0.1, -0.05) is 11.6 Å². The summed E-state index contributed by atoms with van der Waals surface area (Å²) in [4.78, 5) is 15.4. The number of carbonyl (C=O) groups excluding carboxylic acids is 1. The zero-order valence-corrected chi connectivity index (χ0v) is 12.1. The van der Waals surface area contributed by atoms with Crippen molar-refractivity contribution < 1.29 is 18.0 Å². The minimum absolute atomic E-state index is 0.0814. The molecular weight excluding hydrogens is 311 g/mol. The zero-order valence-electron chi connectivity index (χ0n) is 10.5. The summed E-state index contributed by atoms with van der Waals surface area (Å²) in [5.74, 6) is 2.11. The third-order valence-corrected chi connectivity index (χ3v) is 4.59. The molecule has 0 aromatic carbocycles. The monoisotopic (exact) mass is 323 g/mol. The van der Waals surface area contributed by atoms with Crippen LogP contribution in [0.1, 0.15) is 35.3 Å². The number of Topliss-reactive ketones (excluding diaryl/α,β-unsaturated/α-hetero) is 1. The molecule has 1 aromatic rings. The lowest BCUT2D eigenvalue weighted by atomic mass is 9.94. The second-order valence-corrected chi connectivity index (χ2v) is 6.30. The summed E-state index contributed by atoms with van der Waals surface area (Å²) >= 11 is 7.57. The number of alkyl halides is 3. The first-order chi connectivity index (χ1) is 9.38. The number of halogens is 4. The van der Waals surface area contributed by atoms with E-state index in [0.29, 0.717) is 12.3 Å². The van der Waals surface area contributed by atoms with Crippen LogP contribution in [0.3, 0.4) is 0 Å². The number of aromatic nitrogens is 1. The molecule has 1 saturated heterocycles. The van der Waals surface area contributed by atoms with E-state index in [4.69, 9.17) is 11.6 Å². The lowest BCUT2D eigenvalue weighted by Crippen LogP contribution is -2.16. The lowest BCUT2D eigenvalue weighted by molar-refractivity contribution is -0.141. The van der Waals surface area contributed by atoms with E-state index in [-0.39, 0.29) is 16.5 Å². The molecule has 0 spiro atoms. The summed E-state index contributed by atoms with van der Waals surface area (Å²) in [6, 6.07) is 1.92. The lowest BCUT2D eigenvalue weighted by Gasteiger charge is -2.20. The predicted molar refractivity (Wildman–Crippen MR) is 73.2 cm³/mol. The van der Waals surface area contributed by atoms with Crippen molar-refractivity contribution in [1.29, 1.82) is 0 Å². The number of rotatable bonds is 3. The molecule has 0 atom stereocenters. The fourth-order valence-electron chi connectivity index (χ4n) is 2.12. The van der Waals surface area contributed by atoms with Crippen LogP contribution in [-0.4, -0.2) is 22.3 Å². The van der Waals surface area contributed by atoms with Crippen LogP contribution in [0.5, 0.6) is 0 Å². The van der Waals surface area contributed by atoms with Gasteiger partial charge in [-0.25, -0.2) is 4.98 Å². The number of thioether (sulfide) groups is 1. The molecule has 1 aliphatic rings. The predicted octanol–water partition coefficient (Wildman–Crippen LogP) is 4.47. The first-order valence-electron chi connectivity index (χ1n) is 6.22. The van der Waals surface area contributed by atoms with E-state index in [0.717, 1.165) is 36.5 Å². The molecule has 0 unspecified atom stereocenters. The fourth-order valence-corrected chi connectivity index (χ4v) is 3.59. The fraction of sp³-hybridized carbons (Fsp3) is 0.538. The van der Waals surface area contributed by atoms with Crippen molar-refractivity contribution in [3.8, 4) is 0 Å². The maximum absolute atomic E-state index is 12.5. The van der Waals surface area contributed by atoms with Crippen molar-refractivity contribution >= 4 is 29.1 Å². The summed E-state index contributed by atoms with van der Waals surface area (Å²) in [6.07, 6.45) is -2.30. The largest absolute Gasteiger partial charge is 0.433 e. The molecule has 1 fully saturated rings. The van der Waals surface area contributed by atoms with Crippen molar-refractivity contribution in [2.45, 2.75) is 25.4 Å². The van der Waals surface area contributed by atoms with Gasteiger partial charge in [-0.15, -0.1) is 0 Å². The van der Waals surface area contributed by atoms with Crippen LogP contribution in [0, 0.1) is 5.92 Å². The van der Waals surface area contributed by atoms with Gasteiger partial charge in [0.1, 0.15) is 10.8 Å². The molecule has 2 rings (SSSR count). The van der Waals surface area contributed by atoms with Crippen LogP contribution >= 0.6 is 23.4 Å². The normalized spacial score (nSPS) is 17.2. The quantitative estimate of drug-likeness (QED) is 0.607. The van der Waals surface area contributed by atoms with Crippen molar-refractivity contribution in [1.82, 2.24) is 4.98 Å². The molecule has 20 heavy (non-hydrogen) atoms. The van der Waals surface area contributed by atoms with E-state index in [1.54, 1.807) is 0 Å². The third kappa shape index (κ3) is 3.88. The molecule has 7 heteroatoms. The second-order valence-electron chi connectivity index (χ2n) is 4.72. The standard InChI is InChI=1S/C13H13ClF3NOS/c14-12-9(1-2-11(18-12)13(15,16)17)10(19)7-8-3-5-20-6-4-8/h1-2,8H,3-7H2. The maximum atomic E-state index is 12.5. The van der Waals surface area contributed by atoms with Crippen LogP contribution in [0.15, 0.2) is 12.1 Å². The van der Waals surface area contributed by atoms with E-state index >= 15 is 0 Å². The van der Waals surface area contributed by atoms with E-state index in [1.165, 1.54) is 0 Å². The molecule has 0 radical (unpaired) electrons. The molecule has 110 valence electrons. The number of pyridine rings is 1. The Labute approximate surface area is 124 Å². The zero-order chi connectivity index (χ0) is 14.8. The Bertz CT molecular complexity index is 501. The number of hydrogen-bond acceptors (Lipinski definition) is 3. The van der Waals surface area contributed by atoms with Gasteiger partial charge >= 0.3 is 6.18 Å². The molecular formula is C13H13ClF3NOS. The van der Waals surface area contributed by atoms with Crippen LogP contribution in [0.25, 0.3) is 0 Å². The van der Waals surface area contributed by atoms with Gasteiger partial charge in [0, 0.05) is 6.42 Å². The minimum Gasteiger partial charge on any atom is -0.294 e. The van der Waals surface area contributed by atoms with Crippen molar-refractivity contribution in [3.05, 3.63) is 28.5 Å². The summed E-state index contributed by atoms with van der Waals surface area (Å²) in [5.41, 5.74) is -0.994. The van der Waals surface area contributed by atoms with Gasteiger partial charge in [-0.3, -0.25) is 4.79 Å². The Morgan fingerprint density at radius 1 is 1.35 bits per heavy atom. The van der Waals surface area contributed by atoms with E-state index < -0.39 is 11.9 Å². The highest BCUT2D eigenvalue weighted by Crippen LogP contribution is 2.31. The number of ketones is 1. The average molecular weight is 324 g/mol. The Morgan fingerprint density at radius 3 is 2.55 bits per heavy atom. The van der Waals surface area contributed by atoms with Gasteiger partial charge in [-0.05, 0) is 42.4 Å². The first kappa shape index (κ1) is 15.6. The first-order valence-corrected chi connectivity index (χ1v) is 7.76. The maximum Gasteiger partial charge on any atom is 0.433 e. The minimum atomic E-state index is -4.55. The van der Waals surface area contributed by atoms with Crippen LogP contribution in [-0.2, 0) is 6.18 Å². The summed E-state index contributed by atoms with van der Waals surface area (Å²) in [7, 11) is 0. The third-order valence-electron chi connectivity index (χ3n) is 3.25. The molecule has 2 heterocycles. The topological polar surface area (TPSA) is 30.0 Å². The molecule has 0 N–H and O–H groups in total. The van der Waals surface area contributed by atoms with Crippen LogP contribution in [0.4, 0.5) is 13.2 Å². The average Bonchev–Trinajstić information content (AvgIpc) is 2.38. The highest BCUT2D eigenvalue weighted by molar-refractivity contribution is 7.99. The molecule has 1 aromatic heterocycles. The molecule has 0 saturated carbocycles. The Balaban J connectivity index is 2.10. The Morgan fingerprint density at radius 2 is 2.00 bits per heavy atom. The van der Waals surface area contributed by atoms with Crippen molar-refractivity contribution in [2.75, 3.05) is 11.5 Å². The van der Waals surface area contributed by atoms with E-state index in [9.17, 15) is 18.0 Å². The molecule has 0 bridgehead atoms. The molecule has 2 nitrogen and oxygen atoms in total. The Hall–Kier alpha value is -0.750. The summed E-state index contributed by atoms with van der Waals surface area (Å²) < 4.78 is 37.4. The van der Waals surface area contributed by atoms with Gasteiger partial charge in [-0.2, -0.15) is 24.9 Å². The van der Waals surface area contributed by atoms with Gasteiger partial charge < -0.3 is 0 Å². The van der Waals surface area contributed by atoms with Gasteiger partial charge in [0.2, 0.25) is 0 Å². The molecule has 0 aliphatic carbocycles. The molecule has 0 amide bonds. The van der Waals surface area contributed by atoms with E-state index in [1.807, 2.05) is 11.8 Å². The summed E-state index contributed by atoms with van der Waals surface area (Å²) in [5, 5.41) is -0.366. The highest BCUT2D eigenvalue weighted by Gasteiger charge is 2.33. The SMILES string of the molecule is O=C(CC1CCSCC1)c1ccc(C(F)(F)F)nc1Cl. The summed E-state index contributed by atoms with van der Waals surface area (Å²) in [6.45, 7) is 0. The van der Waals surface area contributed by atoms with Crippen molar-refractivity contribution in [3.63, 3.8) is 0 Å². The van der Waals surface area contributed by atoms with Crippen LogP contribution < -0.4 is 0 Å². The Kier molecular flexibility index (Phi) is 4.96. The highest BCUT2D eigenvalue weighted by atomic mass is 35.5. The smallest absolute Gasteiger partial charge is 0.294 e. The second kappa shape index (κ2) is 6.35. The molecule has 1 aliphatic heterocycles. The number of nitrogens with zero attached hydrogens (tertiary/aromatic N) is 1. The van der Waals surface area contributed by atoms with Crippen molar-refractivity contribution in [2.24, 2.45) is 5.92 Å². The van der Waals surface area contributed by atoms with Gasteiger partial charge in [0.05, 0.1) is 5.56 Å². The van der Waals surface area contributed by atoms with Gasteiger partial charge in [0.25, 0.3) is 0 Å². The van der Waals surface area contributed by atoms with E-state index in [2.05, 4.69) is 4.98 Å². The van der Waals surface area contributed by atoms with Gasteiger partial charge in [0.15, 0.2) is 5.78 Å². The number of carbonyl (C=O) groups is 1. The number of hydrogen-bond donors (Lipinski definition) is 0.